The monoisotopic (exact) mass is 237 g/mol. The summed E-state index contributed by atoms with van der Waals surface area (Å²) in [6.07, 6.45) is 13.5. The molecule has 17 heavy (non-hydrogen) atoms. The minimum atomic E-state index is 1.19. The molecule has 0 aliphatic rings. The summed E-state index contributed by atoms with van der Waals surface area (Å²) in [4.78, 5) is 0. The van der Waals surface area contributed by atoms with Crippen molar-refractivity contribution in [1.29, 1.82) is 0 Å². The van der Waals surface area contributed by atoms with Crippen molar-refractivity contribution >= 4 is 0 Å². The average molecular weight is 237 g/mol. The lowest BCUT2D eigenvalue weighted by Gasteiger charge is -2.04. The first kappa shape index (κ1) is 14.3. The highest BCUT2D eigenvalue weighted by Crippen LogP contribution is 2.05. The van der Waals surface area contributed by atoms with Crippen LogP contribution in [0, 0.1) is 0 Å². The fraction of sp³-hybridized carbons (Fsp3) is 0.800. The Bertz CT molecular complexity index is 276. The third-order valence-corrected chi connectivity index (χ3v) is 3.35. The zero-order valence-electron chi connectivity index (χ0n) is 11.9. The number of hydrogen-bond acceptors (Lipinski definition) is 0. The van der Waals surface area contributed by atoms with E-state index in [2.05, 4.69) is 42.3 Å². The van der Waals surface area contributed by atoms with Gasteiger partial charge in [-0.25, -0.2) is 9.13 Å². The van der Waals surface area contributed by atoms with Gasteiger partial charge in [-0.1, -0.05) is 40.0 Å². The molecule has 0 fully saturated rings. The number of unbranched alkanes of at least 4 members (excludes halogenated alkanes) is 3. The molecular formula is C15H29N2+. The molecule has 0 radical (unpaired) electrons. The molecule has 0 aliphatic carbocycles. The molecule has 2 nitrogen and oxygen atoms in total. The van der Waals surface area contributed by atoms with Gasteiger partial charge in [0.25, 0.3) is 5.82 Å². The summed E-state index contributed by atoms with van der Waals surface area (Å²) in [6.45, 7) is 9.18. The summed E-state index contributed by atoms with van der Waals surface area (Å²) >= 11 is 0. The van der Waals surface area contributed by atoms with Gasteiger partial charge in [0, 0.05) is 6.42 Å². The molecule has 0 unspecified atom stereocenters. The van der Waals surface area contributed by atoms with E-state index in [0.717, 1.165) is 0 Å². The molecular weight excluding hydrogens is 208 g/mol. The van der Waals surface area contributed by atoms with Crippen LogP contribution in [0.2, 0.25) is 0 Å². The summed E-state index contributed by atoms with van der Waals surface area (Å²) in [5, 5.41) is 0. The topological polar surface area (TPSA) is 8.81 Å². The molecule has 0 saturated heterocycles. The van der Waals surface area contributed by atoms with E-state index < -0.39 is 0 Å². The Morgan fingerprint density at radius 3 is 2.35 bits per heavy atom. The van der Waals surface area contributed by atoms with Crippen LogP contribution in [0.25, 0.3) is 0 Å². The van der Waals surface area contributed by atoms with Crippen LogP contribution >= 0.6 is 0 Å². The Kier molecular flexibility index (Phi) is 6.99. The summed E-state index contributed by atoms with van der Waals surface area (Å²) in [7, 11) is 0. The molecule has 0 saturated carbocycles. The van der Waals surface area contributed by atoms with E-state index in [1.165, 1.54) is 63.9 Å². The first-order chi connectivity index (χ1) is 8.33. The third kappa shape index (κ3) is 4.53. The maximum atomic E-state index is 2.47. The molecule has 0 N–H and O–H groups in total. The first-order valence-corrected chi connectivity index (χ1v) is 7.40. The molecule has 1 rings (SSSR count). The molecule has 0 bridgehead atoms. The lowest BCUT2D eigenvalue weighted by Crippen LogP contribution is -2.37. The van der Waals surface area contributed by atoms with Crippen LogP contribution in [0.1, 0.15) is 65.1 Å². The summed E-state index contributed by atoms with van der Waals surface area (Å²) in [6, 6.07) is 0. The minimum Gasteiger partial charge on any atom is -0.234 e. The highest BCUT2D eigenvalue weighted by atomic mass is 15.1. The molecule has 0 aromatic carbocycles. The van der Waals surface area contributed by atoms with Gasteiger partial charge < -0.3 is 0 Å². The van der Waals surface area contributed by atoms with Crippen molar-refractivity contribution in [2.45, 2.75) is 78.8 Å². The Morgan fingerprint density at radius 2 is 1.71 bits per heavy atom. The molecule has 0 amide bonds. The highest BCUT2D eigenvalue weighted by Gasteiger charge is 2.15. The molecule has 0 spiro atoms. The standard InChI is InChI=1S/C15H29N2/c1-4-7-10-15-16(11-8-5-2)13-14-17(15)12-9-6-3/h13-14H,4-12H2,1-3H3/q+1. The summed E-state index contributed by atoms with van der Waals surface area (Å²) < 4.78 is 4.93. The molecule has 2 heteroatoms. The van der Waals surface area contributed by atoms with Gasteiger partial charge in [0.05, 0.1) is 13.1 Å². The fourth-order valence-corrected chi connectivity index (χ4v) is 2.18. The van der Waals surface area contributed by atoms with Crippen molar-refractivity contribution in [3.05, 3.63) is 18.2 Å². The van der Waals surface area contributed by atoms with E-state index in [4.69, 9.17) is 0 Å². The van der Waals surface area contributed by atoms with Crippen molar-refractivity contribution in [3.63, 3.8) is 0 Å². The second kappa shape index (κ2) is 8.32. The zero-order valence-corrected chi connectivity index (χ0v) is 11.9. The van der Waals surface area contributed by atoms with E-state index in [9.17, 15) is 0 Å². The molecule has 0 aliphatic heterocycles. The van der Waals surface area contributed by atoms with E-state index in [0.29, 0.717) is 0 Å². The minimum absolute atomic E-state index is 1.19. The van der Waals surface area contributed by atoms with Gasteiger partial charge in [-0.15, -0.1) is 0 Å². The van der Waals surface area contributed by atoms with E-state index in [-0.39, 0.29) is 0 Å². The molecule has 1 heterocycles. The zero-order chi connectivity index (χ0) is 12.5. The van der Waals surface area contributed by atoms with E-state index in [1.807, 2.05) is 0 Å². The summed E-state index contributed by atoms with van der Waals surface area (Å²) in [5.74, 6) is 1.54. The van der Waals surface area contributed by atoms with Crippen molar-refractivity contribution in [3.8, 4) is 0 Å². The number of aryl methyl sites for hydroxylation is 2. The van der Waals surface area contributed by atoms with Gasteiger partial charge in [0.1, 0.15) is 12.4 Å². The van der Waals surface area contributed by atoms with Gasteiger partial charge >= 0.3 is 0 Å². The number of aromatic nitrogens is 2. The summed E-state index contributed by atoms with van der Waals surface area (Å²) in [5.41, 5.74) is 0. The average Bonchev–Trinajstić information content (AvgIpc) is 2.73. The van der Waals surface area contributed by atoms with Crippen LogP contribution < -0.4 is 4.57 Å². The molecule has 1 aromatic rings. The maximum absolute atomic E-state index is 2.47. The Balaban J connectivity index is 2.70. The van der Waals surface area contributed by atoms with Crippen LogP contribution in [0.3, 0.4) is 0 Å². The largest absolute Gasteiger partial charge is 0.256 e. The number of rotatable bonds is 9. The van der Waals surface area contributed by atoms with E-state index >= 15 is 0 Å². The number of hydrogen-bond donors (Lipinski definition) is 0. The quantitative estimate of drug-likeness (QED) is 0.579. The van der Waals surface area contributed by atoms with Crippen molar-refractivity contribution < 1.29 is 4.57 Å². The predicted molar refractivity (Wildman–Crippen MR) is 73.1 cm³/mol. The molecule has 1 aromatic heterocycles. The van der Waals surface area contributed by atoms with Crippen LogP contribution in [0.5, 0.6) is 0 Å². The van der Waals surface area contributed by atoms with Crippen molar-refractivity contribution in [1.82, 2.24) is 4.57 Å². The SMILES string of the molecule is CCCCc1n(CCCC)cc[n+]1CCCC. The predicted octanol–water partition coefficient (Wildman–Crippen LogP) is 3.72. The van der Waals surface area contributed by atoms with Crippen LogP contribution in [0.4, 0.5) is 0 Å². The van der Waals surface area contributed by atoms with Crippen molar-refractivity contribution in [2.75, 3.05) is 0 Å². The normalized spacial score (nSPS) is 11.0. The van der Waals surface area contributed by atoms with Gasteiger partial charge in [0.2, 0.25) is 0 Å². The lowest BCUT2D eigenvalue weighted by atomic mass is 10.2. The fourth-order valence-electron chi connectivity index (χ4n) is 2.18. The van der Waals surface area contributed by atoms with Gasteiger partial charge in [-0.3, -0.25) is 0 Å². The second-order valence-corrected chi connectivity index (χ2v) is 4.91. The Hall–Kier alpha value is -0.790. The highest BCUT2D eigenvalue weighted by molar-refractivity contribution is 4.84. The smallest absolute Gasteiger partial charge is 0.234 e. The van der Waals surface area contributed by atoms with Gasteiger partial charge in [-0.05, 0) is 19.3 Å². The Morgan fingerprint density at radius 1 is 1.00 bits per heavy atom. The maximum Gasteiger partial charge on any atom is 0.256 e. The molecule has 98 valence electrons. The second-order valence-electron chi connectivity index (χ2n) is 4.91. The number of imidazole rings is 1. The lowest BCUT2D eigenvalue weighted by molar-refractivity contribution is -0.704. The molecule has 0 atom stereocenters. The van der Waals surface area contributed by atoms with Crippen LogP contribution in [0.15, 0.2) is 12.4 Å². The third-order valence-electron chi connectivity index (χ3n) is 3.35. The van der Waals surface area contributed by atoms with Gasteiger partial charge in [0.15, 0.2) is 0 Å². The Labute approximate surface area is 107 Å². The first-order valence-electron chi connectivity index (χ1n) is 7.40. The number of nitrogens with zero attached hydrogens (tertiary/aromatic N) is 2. The van der Waals surface area contributed by atoms with E-state index in [1.54, 1.807) is 0 Å². The van der Waals surface area contributed by atoms with Crippen LogP contribution in [-0.2, 0) is 19.5 Å². The van der Waals surface area contributed by atoms with Gasteiger partial charge in [-0.2, -0.15) is 0 Å². The van der Waals surface area contributed by atoms with Crippen molar-refractivity contribution in [2.24, 2.45) is 0 Å². The van der Waals surface area contributed by atoms with Crippen LogP contribution in [-0.4, -0.2) is 4.57 Å².